The first-order valence-corrected chi connectivity index (χ1v) is 17.8. The molecule has 0 radical (unpaired) electrons. The number of rotatable bonds is 12. The molecule has 6 rings (SSSR count). The maximum atomic E-state index is 12.3. The Morgan fingerprint density at radius 2 is 1.70 bits per heavy atom. The lowest BCUT2D eigenvalue weighted by atomic mass is 9.56. The number of ether oxygens (including phenoxy) is 5. The number of fused-ring (bicyclic) bond motifs is 6. The smallest absolute Gasteiger partial charge is 0.155 e. The van der Waals surface area contributed by atoms with Gasteiger partial charge in [-0.3, -0.25) is 9.69 Å². The highest BCUT2D eigenvalue weighted by Gasteiger charge is 2.59. The van der Waals surface area contributed by atoms with E-state index in [-0.39, 0.29) is 11.0 Å². The van der Waals surface area contributed by atoms with Crippen LogP contribution in [-0.2, 0) is 28.5 Å². The van der Waals surface area contributed by atoms with Crippen molar-refractivity contribution >= 4 is 5.78 Å². The molecule has 0 bridgehead atoms. The average Bonchev–Trinajstić information content (AvgIpc) is 3.46. The molecule has 2 heterocycles. The Hall–Kier alpha value is -1.09. The van der Waals surface area contributed by atoms with E-state index in [1.54, 1.807) is 18.3 Å². The minimum atomic E-state index is -0.0462. The quantitative estimate of drug-likeness (QED) is 0.197. The summed E-state index contributed by atoms with van der Waals surface area (Å²) in [7, 11) is 1.68. The minimum Gasteiger partial charge on any atom is -0.382 e. The van der Waals surface area contributed by atoms with Gasteiger partial charge in [0.1, 0.15) is 0 Å². The Bertz CT molecular complexity index is 1090. The van der Waals surface area contributed by atoms with Crippen molar-refractivity contribution in [1.29, 1.82) is 0 Å². The molecule has 9 unspecified atom stereocenters. The molecule has 4 aliphatic carbocycles. The zero-order valence-electron chi connectivity index (χ0n) is 28.2. The number of allylic oxidation sites excluding steroid dienone is 3. The van der Waals surface area contributed by atoms with Crippen molar-refractivity contribution in [2.75, 3.05) is 66.4 Å². The van der Waals surface area contributed by atoms with Crippen molar-refractivity contribution in [1.82, 2.24) is 4.90 Å². The van der Waals surface area contributed by atoms with Gasteiger partial charge in [-0.1, -0.05) is 37.5 Å². The number of piperidine rings is 1. The van der Waals surface area contributed by atoms with E-state index in [4.69, 9.17) is 23.7 Å². The highest BCUT2D eigenvalue weighted by Crippen LogP contribution is 2.64. The maximum absolute atomic E-state index is 12.3. The first-order valence-electron chi connectivity index (χ1n) is 17.8. The molecule has 2 saturated carbocycles. The molecule has 7 heteroatoms. The van der Waals surface area contributed by atoms with Crippen LogP contribution in [0.1, 0.15) is 85.5 Å². The van der Waals surface area contributed by atoms with Crippen molar-refractivity contribution in [3.63, 3.8) is 0 Å². The van der Waals surface area contributed by atoms with Crippen LogP contribution in [0.4, 0.5) is 0 Å². The van der Waals surface area contributed by atoms with Crippen molar-refractivity contribution in [2.45, 2.75) is 103 Å². The largest absolute Gasteiger partial charge is 0.382 e. The molecule has 44 heavy (non-hydrogen) atoms. The van der Waals surface area contributed by atoms with E-state index in [0.717, 1.165) is 51.3 Å². The summed E-state index contributed by atoms with van der Waals surface area (Å²) in [6.07, 6.45) is 12.5. The Morgan fingerprint density at radius 1 is 0.977 bits per heavy atom. The van der Waals surface area contributed by atoms with Gasteiger partial charge in [-0.15, -0.1) is 0 Å². The molecule has 2 saturated heterocycles. The summed E-state index contributed by atoms with van der Waals surface area (Å²) in [6.45, 7) is 16.3. The molecule has 0 aromatic rings. The number of carbonyl (C=O) groups excluding carboxylic acids is 1. The molecule has 6 aliphatic rings. The highest BCUT2D eigenvalue weighted by molar-refractivity contribution is 5.91. The van der Waals surface area contributed by atoms with Crippen molar-refractivity contribution < 1.29 is 28.5 Å². The second-order valence-corrected chi connectivity index (χ2v) is 15.4. The summed E-state index contributed by atoms with van der Waals surface area (Å²) in [5.74, 6) is 3.68. The summed E-state index contributed by atoms with van der Waals surface area (Å²) < 4.78 is 29.4. The monoisotopic (exact) mass is 613 g/mol. The van der Waals surface area contributed by atoms with Crippen LogP contribution < -0.4 is 0 Å². The fourth-order valence-corrected chi connectivity index (χ4v) is 10.6. The molecule has 1 spiro atoms. The van der Waals surface area contributed by atoms with Gasteiger partial charge in [0.2, 0.25) is 0 Å². The SMILES string of the molecule is COCCOCCOCCOCCN1CC(C)CC2OC3(CCC4C(=C(C)C3)CC3C4CCC4=CC(=O)CCC43C)C(C)C21. The predicted octanol–water partition coefficient (Wildman–Crippen LogP) is 6.01. The molecule has 2 aliphatic heterocycles. The Balaban J connectivity index is 1.05. The van der Waals surface area contributed by atoms with Crippen LogP contribution in [0, 0.1) is 35.0 Å². The van der Waals surface area contributed by atoms with E-state index in [9.17, 15) is 4.79 Å². The lowest BCUT2D eigenvalue weighted by molar-refractivity contribution is -0.116. The van der Waals surface area contributed by atoms with Gasteiger partial charge in [0.05, 0.1) is 58.0 Å². The minimum absolute atomic E-state index is 0.0462. The summed E-state index contributed by atoms with van der Waals surface area (Å²) >= 11 is 0. The Labute approximate surface area is 266 Å². The summed E-state index contributed by atoms with van der Waals surface area (Å²) in [4.78, 5) is 15.0. The van der Waals surface area contributed by atoms with Gasteiger partial charge in [-0.25, -0.2) is 0 Å². The van der Waals surface area contributed by atoms with Gasteiger partial charge in [-0.05, 0) is 93.5 Å². The molecular formula is C37H59NO6. The van der Waals surface area contributed by atoms with Crippen molar-refractivity contribution in [2.24, 2.45) is 35.0 Å². The second-order valence-electron chi connectivity index (χ2n) is 15.4. The highest BCUT2D eigenvalue weighted by atomic mass is 16.6. The standard InChI is InChI=1S/C37H59NO6/c1-25-20-34-35(38(24-25)12-13-41-16-17-43-19-18-42-15-14-40-5)27(3)37(44-34)11-9-30-31-7-6-28-21-29(39)8-10-36(28,4)33(31)22-32(30)26(2)23-37/h21,25,27,30-31,33-35H,6-20,22-24H2,1-5H3. The van der Waals surface area contributed by atoms with E-state index in [2.05, 4.69) is 32.6 Å². The second kappa shape index (κ2) is 13.9. The third-order valence-electron chi connectivity index (χ3n) is 12.8. The van der Waals surface area contributed by atoms with Gasteiger partial charge in [-0.2, -0.15) is 0 Å². The molecule has 248 valence electrons. The first kappa shape index (κ1) is 32.8. The molecule has 4 fully saturated rings. The number of nitrogens with zero attached hydrogens (tertiary/aromatic N) is 1. The fourth-order valence-electron chi connectivity index (χ4n) is 10.6. The Morgan fingerprint density at radius 3 is 2.45 bits per heavy atom. The maximum Gasteiger partial charge on any atom is 0.155 e. The molecule has 0 aromatic heterocycles. The topological polar surface area (TPSA) is 66.5 Å². The van der Waals surface area contributed by atoms with E-state index < -0.39 is 0 Å². The third kappa shape index (κ3) is 6.40. The van der Waals surface area contributed by atoms with Gasteiger partial charge in [0, 0.05) is 38.6 Å². The van der Waals surface area contributed by atoms with Gasteiger partial charge < -0.3 is 23.7 Å². The van der Waals surface area contributed by atoms with Crippen molar-refractivity contribution in [3.05, 3.63) is 22.8 Å². The third-order valence-corrected chi connectivity index (χ3v) is 12.8. The normalized spacial score (nSPS) is 40.4. The van der Waals surface area contributed by atoms with Gasteiger partial charge >= 0.3 is 0 Å². The van der Waals surface area contributed by atoms with Crippen LogP contribution in [0.15, 0.2) is 22.8 Å². The van der Waals surface area contributed by atoms with E-state index in [0.29, 0.717) is 81.2 Å². The van der Waals surface area contributed by atoms with E-state index in [1.165, 1.54) is 37.7 Å². The molecule has 0 N–H and O–H groups in total. The van der Waals surface area contributed by atoms with Crippen LogP contribution in [0.2, 0.25) is 0 Å². The van der Waals surface area contributed by atoms with Gasteiger partial charge in [0.15, 0.2) is 5.78 Å². The molecule has 0 aromatic carbocycles. The number of carbonyl (C=O) groups is 1. The molecule has 9 atom stereocenters. The lowest BCUT2D eigenvalue weighted by Crippen LogP contribution is -2.52. The molecule has 0 amide bonds. The summed E-state index contributed by atoms with van der Waals surface area (Å²) in [5.41, 5.74) is 5.04. The number of ketones is 1. The zero-order valence-corrected chi connectivity index (χ0v) is 28.2. The van der Waals surface area contributed by atoms with Crippen LogP contribution in [0.3, 0.4) is 0 Å². The fraction of sp³-hybridized carbons (Fsp3) is 0.865. The Kier molecular flexibility index (Phi) is 10.4. The lowest BCUT2D eigenvalue weighted by Gasteiger charge is -2.48. The number of methoxy groups -OCH3 is 1. The van der Waals surface area contributed by atoms with Crippen LogP contribution in [0.5, 0.6) is 0 Å². The first-order chi connectivity index (χ1) is 21.3. The van der Waals surface area contributed by atoms with E-state index in [1.807, 2.05) is 6.08 Å². The van der Waals surface area contributed by atoms with E-state index >= 15 is 0 Å². The van der Waals surface area contributed by atoms with Crippen LogP contribution in [0.25, 0.3) is 0 Å². The van der Waals surface area contributed by atoms with Crippen LogP contribution in [-0.4, -0.2) is 94.9 Å². The number of hydrogen-bond donors (Lipinski definition) is 0. The molecule has 7 nitrogen and oxygen atoms in total. The predicted molar refractivity (Wildman–Crippen MR) is 172 cm³/mol. The number of hydrogen-bond acceptors (Lipinski definition) is 7. The summed E-state index contributed by atoms with van der Waals surface area (Å²) in [5, 5.41) is 0. The summed E-state index contributed by atoms with van der Waals surface area (Å²) in [6, 6.07) is 0.472. The van der Waals surface area contributed by atoms with Gasteiger partial charge in [0.25, 0.3) is 0 Å². The van der Waals surface area contributed by atoms with Crippen LogP contribution >= 0.6 is 0 Å². The average molecular weight is 614 g/mol. The van der Waals surface area contributed by atoms with Crippen molar-refractivity contribution in [3.8, 4) is 0 Å². The molecular weight excluding hydrogens is 554 g/mol. The number of likely N-dealkylation sites (tertiary alicyclic amines) is 1. The zero-order chi connectivity index (χ0) is 30.9.